The van der Waals surface area contributed by atoms with Crippen molar-refractivity contribution < 1.29 is 29.0 Å². The minimum Gasteiger partial charge on any atom is -0.480 e. The number of carbonyl (C=O) groups excluding carboxylic acids is 3. The zero-order valence-corrected chi connectivity index (χ0v) is 18.1. The molecule has 0 fully saturated rings. The molecule has 0 aliphatic heterocycles. The van der Waals surface area contributed by atoms with Crippen molar-refractivity contribution in [3.8, 4) is 11.1 Å². The number of amides is 3. The van der Waals surface area contributed by atoms with Crippen LogP contribution in [0.5, 0.6) is 0 Å². The van der Waals surface area contributed by atoms with E-state index in [9.17, 15) is 19.2 Å². The number of rotatable bonds is 9. The lowest BCUT2D eigenvalue weighted by molar-refractivity contribution is -0.137. The third-order valence-corrected chi connectivity index (χ3v) is 5.20. The number of hydrogen-bond acceptors (Lipinski definition) is 5. The van der Waals surface area contributed by atoms with Gasteiger partial charge >= 0.3 is 12.1 Å². The van der Waals surface area contributed by atoms with Gasteiger partial charge in [0.25, 0.3) is 0 Å². The van der Waals surface area contributed by atoms with E-state index in [0.29, 0.717) is 5.57 Å². The van der Waals surface area contributed by atoms with E-state index in [1.165, 1.54) is 13.0 Å². The average molecular weight is 451 g/mol. The Hall–Kier alpha value is -4.14. The van der Waals surface area contributed by atoms with Crippen LogP contribution in [0, 0.1) is 0 Å². The average Bonchev–Trinajstić information content (AvgIpc) is 3.13. The summed E-state index contributed by atoms with van der Waals surface area (Å²) < 4.78 is 5.43. The minimum absolute atomic E-state index is 0.0431. The van der Waals surface area contributed by atoms with Crippen LogP contribution in [-0.4, -0.2) is 55.2 Å². The molecule has 1 aliphatic rings. The summed E-state index contributed by atoms with van der Waals surface area (Å²) in [5, 5.41) is 15.6. The molecule has 3 rings (SSSR count). The Morgan fingerprint density at radius 2 is 1.52 bits per heavy atom. The van der Waals surface area contributed by atoms with Crippen LogP contribution in [0.2, 0.25) is 0 Å². The quantitative estimate of drug-likeness (QED) is 0.430. The Bertz CT molecular complexity index is 1050. The van der Waals surface area contributed by atoms with Crippen molar-refractivity contribution in [1.29, 1.82) is 0 Å². The molecule has 0 unspecified atom stereocenters. The van der Waals surface area contributed by atoms with Crippen molar-refractivity contribution in [2.45, 2.75) is 12.8 Å². The van der Waals surface area contributed by atoms with E-state index in [4.69, 9.17) is 9.84 Å². The van der Waals surface area contributed by atoms with Gasteiger partial charge < -0.3 is 25.8 Å². The fourth-order valence-corrected chi connectivity index (χ4v) is 3.57. The summed E-state index contributed by atoms with van der Waals surface area (Å²) in [6.45, 7) is 0.921. The molecule has 0 atom stereocenters. The van der Waals surface area contributed by atoms with Gasteiger partial charge in [-0.2, -0.15) is 0 Å². The number of alkyl carbamates (subject to hydrolysis) is 1. The maximum atomic E-state index is 12.2. The lowest BCUT2D eigenvalue weighted by Crippen LogP contribution is -2.39. The molecule has 9 heteroatoms. The molecule has 0 saturated heterocycles. The molecule has 33 heavy (non-hydrogen) atoms. The van der Waals surface area contributed by atoms with Crippen LogP contribution >= 0.6 is 0 Å². The summed E-state index contributed by atoms with van der Waals surface area (Å²) >= 11 is 0. The monoisotopic (exact) mass is 451 g/mol. The van der Waals surface area contributed by atoms with Gasteiger partial charge in [0.1, 0.15) is 13.2 Å². The molecule has 0 radical (unpaired) electrons. The maximum Gasteiger partial charge on any atom is 0.407 e. The van der Waals surface area contributed by atoms with Crippen molar-refractivity contribution in [3.05, 3.63) is 71.3 Å². The number of ether oxygens (including phenoxy) is 1. The highest BCUT2D eigenvalue weighted by Crippen LogP contribution is 2.44. The number of nitrogens with one attached hydrogen (secondary N) is 3. The highest BCUT2D eigenvalue weighted by Gasteiger charge is 2.28. The molecule has 3 amide bonds. The molecule has 172 valence electrons. The molecule has 9 nitrogen and oxygen atoms in total. The van der Waals surface area contributed by atoms with Crippen LogP contribution in [0.4, 0.5) is 4.79 Å². The molecule has 0 saturated carbocycles. The van der Waals surface area contributed by atoms with Crippen LogP contribution in [0.15, 0.2) is 60.2 Å². The topological polar surface area (TPSA) is 134 Å². The molecule has 0 heterocycles. The third kappa shape index (κ3) is 6.19. The molecule has 0 bridgehead atoms. The summed E-state index contributed by atoms with van der Waals surface area (Å²) in [4.78, 5) is 46.0. The third-order valence-electron chi connectivity index (χ3n) is 5.20. The summed E-state index contributed by atoms with van der Waals surface area (Å²) in [6.07, 6.45) is 0.890. The van der Waals surface area contributed by atoms with Gasteiger partial charge in [0, 0.05) is 18.0 Å². The van der Waals surface area contributed by atoms with Crippen LogP contribution in [0.1, 0.15) is 24.0 Å². The molecule has 0 aromatic heterocycles. The van der Waals surface area contributed by atoms with Crippen molar-refractivity contribution >= 4 is 23.9 Å². The second-order valence-corrected chi connectivity index (χ2v) is 7.45. The molecular weight excluding hydrogens is 426 g/mol. The lowest BCUT2D eigenvalue weighted by atomic mass is 9.98. The number of aliphatic carboxylic acids is 1. The maximum absolute atomic E-state index is 12.2. The number of benzene rings is 2. The Morgan fingerprint density at radius 1 is 0.909 bits per heavy atom. The smallest absolute Gasteiger partial charge is 0.407 e. The van der Waals surface area contributed by atoms with E-state index in [-0.39, 0.29) is 25.6 Å². The second-order valence-electron chi connectivity index (χ2n) is 7.45. The molecule has 0 spiro atoms. The van der Waals surface area contributed by atoms with E-state index < -0.39 is 30.4 Å². The predicted octanol–water partition coefficient (Wildman–Crippen LogP) is 1.79. The van der Waals surface area contributed by atoms with E-state index in [2.05, 4.69) is 28.1 Å². The molecule has 4 N–H and O–H groups in total. The van der Waals surface area contributed by atoms with Gasteiger partial charge in [-0.3, -0.25) is 14.4 Å². The number of carboxylic acids is 1. The molecule has 2 aromatic carbocycles. The zero-order valence-electron chi connectivity index (χ0n) is 18.1. The summed E-state index contributed by atoms with van der Waals surface area (Å²) in [5.74, 6) is -2.34. The zero-order chi connectivity index (χ0) is 23.8. The number of fused-ring (bicyclic) bond motifs is 3. The fraction of sp³-hybridized carbons (Fsp3) is 0.250. The van der Waals surface area contributed by atoms with Gasteiger partial charge in [-0.15, -0.1) is 0 Å². The SMILES string of the molecule is C/C(=C\CNC(=O)OCC1c2ccccc2-c2ccccc21)C(=O)NCC(=O)NCC(=O)O. The standard InChI is InChI=1S/C24H25N3O6/c1-15(23(31)27-12-21(28)26-13-22(29)30)10-11-25-24(32)33-14-20-18-8-4-2-6-16(18)17-7-3-5-9-19(17)20/h2-10,20H,11-14H2,1H3,(H,25,32)(H,26,28)(H,27,31)(H,29,30)/b15-10+. The van der Waals surface area contributed by atoms with Gasteiger partial charge in [0.05, 0.1) is 6.54 Å². The highest BCUT2D eigenvalue weighted by molar-refractivity contribution is 5.95. The first-order valence-corrected chi connectivity index (χ1v) is 10.4. The van der Waals surface area contributed by atoms with Crippen molar-refractivity contribution in [1.82, 2.24) is 16.0 Å². The number of carbonyl (C=O) groups is 4. The first-order valence-electron chi connectivity index (χ1n) is 10.4. The largest absolute Gasteiger partial charge is 0.480 e. The highest BCUT2D eigenvalue weighted by atomic mass is 16.5. The van der Waals surface area contributed by atoms with Gasteiger partial charge in [-0.1, -0.05) is 54.6 Å². The normalized spacial score (nSPS) is 12.3. The summed E-state index contributed by atoms with van der Waals surface area (Å²) in [5.41, 5.74) is 4.81. The predicted molar refractivity (Wildman–Crippen MR) is 120 cm³/mol. The van der Waals surface area contributed by atoms with Gasteiger partial charge in [0.2, 0.25) is 11.8 Å². The Labute approximate surface area is 190 Å². The lowest BCUT2D eigenvalue weighted by Gasteiger charge is -2.14. The first-order chi connectivity index (χ1) is 15.9. The first kappa shape index (κ1) is 23.5. The molecular formula is C24H25N3O6. The number of carboxylic acid groups (broad SMARTS) is 1. The van der Waals surface area contributed by atoms with Crippen molar-refractivity contribution in [2.24, 2.45) is 0 Å². The second kappa shape index (κ2) is 10.9. The Balaban J connectivity index is 1.44. The summed E-state index contributed by atoms with van der Waals surface area (Å²) in [7, 11) is 0. The van der Waals surface area contributed by atoms with Gasteiger partial charge in [-0.25, -0.2) is 4.79 Å². The molecule has 2 aromatic rings. The Morgan fingerprint density at radius 3 is 2.12 bits per heavy atom. The van der Waals surface area contributed by atoms with E-state index in [1.807, 2.05) is 36.4 Å². The van der Waals surface area contributed by atoms with Crippen molar-refractivity contribution in [2.75, 3.05) is 26.2 Å². The van der Waals surface area contributed by atoms with Crippen LogP contribution < -0.4 is 16.0 Å². The van der Waals surface area contributed by atoms with Gasteiger partial charge in [0.15, 0.2) is 0 Å². The number of hydrogen-bond donors (Lipinski definition) is 4. The van der Waals surface area contributed by atoms with E-state index >= 15 is 0 Å². The van der Waals surface area contributed by atoms with E-state index in [0.717, 1.165) is 22.3 Å². The summed E-state index contributed by atoms with van der Waals surface area (Å²) in [6, 6.07) is 16.1. The van der Waals surface area contributed by atoms with Crippen LogP contribution in [-0.2, 0) is 19.1 Å². The van der Waals surface area contributed by atoms with Crippen LogP contribution in [0.3, 0.4) is 0 Å². The van der Waals surface area contributed by atoms with E-state index in [1.54, 1.807) is 0 Å². The van der Waals surface area contributed by atoms with Crippen LogP contribution in [0.25, 0.3) is 11.1 Å². The molecule has 1 aliphatic carbocycles. The van der Waals surface area contributed by atoms with Gasteiger partial charge in [-0.05, 0) is 29.2 Å². The van der Waals surface area contributed by atoms with Crippen molar-refractivity contribution in [3.63, 3.8) is 0 Å². The Kier molecular flexibility index (Phi) is 7.80. The minimum atomic E-state index is -1.18. The fourth-order valence-electron chi connectivity index (χ4n) is 3.57.